The zero-order valence-corrected chi connectivity index (χ0v) is 15.7. The molecule has 4 nitrogen and oxygen atoms in total. The van der Waals surface area contributed by atoms with Crippen molar-refractivity contribution in [2.45, 2.75) is 31.0 Å². The molecule has 2 heterocycles. The number of carbonyl (C=O) groups is 1. The Morgan fingerprint density at radius 3 is 2.68 bits per heavy atom. The molecule has 1 aliphatic heterocycles. The van der Waals surface area contributed by atoms with Crippen LogP contribution >= 0.6 is 11.6 Å². The molecule has 0 bridgehead atoms. The number of aromatic nitrogens is 1. The average molecular weight is 410 g/mol. The summed E-state index contributed by atoms with van der Waals surface area (Å²) in [5.41, 5.74) is 0.769. The molecule has 8 heteroatoms. The van der Waals surface area contributed by atoms with Crippen LogP contribution in [0.5, 0.6) is 0 Å². The van der Waals surface area contributed by atoms with Crippen molar-refractivity contribution in [2.75, 3.05) is 18.0 Å². The third-order valence-corrected chi connectivity index (χ3v) is 5.63. The number of rotatable bonds is 4. The maximum Gasteiger partial charge on any atom is 0.417 e. The van der Waals surface area contributed by atoms with E-state index in [4.69, 9.17) is 11.6 Å². The van der Waals surface area contributed by atoms with E-state index in [0.29, 0.717) is 30.2 Å². The van der Waals surface area contributed by atoms with Crippen molar-refractivity contribution in [2.24, 2.45) is 5.92 Å². The SMILES string of the molecule is O=C(NC1CCN(c2cncc(C(F)(F)F)c2)C1)C1CC1c1ccc(Cl)cc1. The van der Waals surface area contributed by atoms with Gasteiger partial charge in [-0.1, -0.05) is 23.7 Å². The zero-order chi connectivity index (χ0) is 19.9. The van der Waals surface area contributed by atoms with Crippen LogP contribution in [0.1, 0.15) is 29.9 Å². The van der Waals surface area contributed by atoms with E-state index >= 15 is 0 Å². The Morgan fingerprint density at radius 1 is 1.21 bits per heavy atom. The van der Waals surface area contributed by atoms with Crippen molar-refractivity contribution in [3.63, 3.8) is 0 Å². The van der Waals surface area contributed by atoms with E-state index in [-0.39, 0.29) is 23.8 Å². The Bertz CT molecular complexity index is 872. The Kier molecular flexibility index (Phi) is 4.95. The molecular weight excluding hydrogens is 391 g/mol. The smallest absolute Gasteiger partial charge is 0.368 e. The molecule has 148 valence electrons. The Morgan fingerprint density at radius 2 is 1.96 bits per heavy atom. The lowest BCUT2D eigenvalue weighted by molar-refractivity contribution is -0.137. The van der Waals surface area contributed by atoms with Crippen LogP contribution in [-0.2, 0) is 11.0 Å². The summed E-state index contributed by atoms with van der Waals surface area (Å²) in [6, 6.07) is 8.56. The van der Waals surface area contributed by atoms with Crippen molar-refractivity contribution in [1.29, 1.82) is 0 Å². The van der Waals surface area contributed by atoms with Gasteiger partial charge in [0.15, 0.2) is 0 Å². The third-order valence-electron chi connectivity index (χ3n) is 5.38. The van der Waals surface area contributed by atoms with Crippen molar-refractivity contribution in [3.8, 4) is 0 Å². The molecule has 1 amide bonds. The zero-order valence-electron chi connectivity index (χ0n) is 14.9. The number of benzene rings is 1. The molecule has 0 radical (unpaired) electrons. The van der Waals surface area contributed by atoms with Crippen LogP contribution in [-0.4, -0.2) is 30.0 Å². The van der Waals surface area contributed by atoms with E-state index < -0.39 is 11.7 Å². The van der Waals surface area contributed by atoms with E-state index in [1.165, 1.54) is 6.20 Å². The molecule has 1 N–H and O–H groups in total. The first-order chi connectivity index (χ1) is 13.3. The fourth-order valence-corrected chi connectivity index (χ4v) is 3.87. The summed E-state index contributed by atoms with van der Waals surface area (Å²) in [6.45, 7) is 1.06. The number of nitrogens with zero attached hydrogens (tertiary/aromatic N) is 2. The molecule has 0 spiro atoms. The quantitative estimate of drug-likeness (QED) is 0.821. The van der Waals surface area contributed by atoms with Gasteiger partial charge in [-0.3, -0.25) is 9.78 Å². The number of alkyl halides is 3. The fraction of sp³-hybridized carbons (Fsp3) is 0.400. The number of nitrogens with one attached hydrogen (secondary N) is 1. The first-order valence-corrected chi connectivity index (χ1v) is 9.52. The maximum absolute atomic E-state index is 12.9. The monoisotopic (exact) mass is 409 g/mol. The molecule has 1 aromatic heterocycles. The van der Waals surface area contributed by atoms with Gasteiger partial charge in [-0.05, 0) is 42.5 Å². The molecule has 28 heavy (non-hydrogen) atoms. The summed E-state index contributed by atoms with van der Waals surface area (Å²) < 4.78 is 38.6. The van der Waals surface area contributed by atoms with Crippen molar-refractivity contribution < 1.29 is 18.0 Å². The van der Waals surface area contributed by atoms with Crippen LogP contribution in [0, 0.1) is 5.92 Å². The van der Waals surface area contributed by atoms with Crippen LogP contribution < -0.4 is 10.2 Å². The minimum Gasteiger partial charge on any atom is -0.368 e. The molecule has 1 aromatic carbocycles. The summed E-state index contributed by atoms with van der Waals surface area (Å²) >= 11 is 5.90. The highest BCUT2D eigenvalue weighted by atomic mass is 35.5. The largest absolute Gasteiger partial charge is 0.417 e. The molecule has 2 aliphatic rings. The van der Waals surface area contributed by atoms with Crippen LogP contribution in [0.2, 0.25) is 5.02 Å². The van der Waals surface area contributed by atoms with Gasteiger partial charge >= 0.3 is 6.18 Å². The number of pyridine rings is 1. The first kappa shape index (κ1) is 19.1. The van der Waals surface area contributed by atoms with Crippen molar-refractivity contribution in [3.05, 3.63) is 58.9 Å². The molecule has 2 fully saturated rings. The summed E-state index contributed by atoms with van der Waals surface area (Å²) in [7, 11) is 0. The number of halogens is 4. The normalized spacial score (nSPS) is 24.3. The molecule has 1 saturated carbocycles. The van der Waals surface area contributed by atoms with Crippen LogP contribution in [0.3, 0.4) is 0 Å². The van der Waals surface area contributed by atoms with Gasteiger partial charge in [0.2, 0.25) is 5.91 Å². The molecule has 3 atom stereocenters. The molecule has 1 aliphatic carbocycles. The number of anilines is 1. The predicted molar refractivity (Wildman–Crippen MR) is 100 cm³/mol. The number of hydrogen-bond donors (Lipinski definition) is 1. The summed E-state index contributed by atoms with van der Waals surface area (Å²) in [5, 5.41) is 3.71. The Hall–Kier alpha value is -2.28. The van der Waals surface area contributed by atoms with Crippen LogP contribution in [0.25, 0.3) is 0 Å². The second-order valence-corrected chi connectivity index (χ2v) is 7.81. The van der Waals surface area contributed by atoms with Crippen LogP contribution in [0.4, 0.5) is 18.9 Å². The lowest BCUT2D eigenvalue weighted by Crippen LogP contribution is -2.38. The predicted octanol–water partition coefficient (Wildman–Crippen LogP) is 4.25. The van der Waals surface area contributed by atoms with Gasteiger partial charge in [-0.2, -0.15) is 13.2 Å². The highest BCUT2D eigenvalue weighted by molar-refractivity contribution is 6.30. The van der Waals surface area contributed by atoms with Gasteiger partial charge in [0.1, 0.15) is 0 Å². The minimum absolute atomic E-state index is 0.00830. The van der Waals surface area contributed by atoms with Crippen LogP contribution in [0.15, 0.2) is 42.7 Å². The number of amides is 1. The second kappa shape index (κ2) is 7.28. The third kappa shape index (κ3) is 4.09. The Labute approximate surface area is 165 Å². The number of hydrogen-bond acceptors (Lipinski definition) is 3. The lowest BCUT2D eigenvalue weighted by atomic mass is 10.1. The minimum atomic E-state index is -4.42. The molecule has 2 aromatic rings. The molecular formula is C20H19ClF3N3O. The van der Waals surface area contributed by atoms with Gasteiger partial charge in [0.25, 0.3) is 0 Å². The van der Waals surface area contributed by atoms with E-state index in [1.54, 1.807) is 0 Å². The van der Waals surface area contributed by atoms with Gasteiger partial charge in [0, 0.05) is 36.3 Å². The van der Waals surface area contributed by atoms with Gasteiger partial charge < -0.3 is 10.2 Å². The van der Waals surface area contributed by atoms with E-state index in [0.717, 1.165) is 24.2 Å². The summed E-state index contributed by atoms with van der Waals surface area (Å²) in [4.78, 5) is 18.1. The summed E-state index contributed by atoms with van der Waals surface area (Å²) in [6.07, 6.45) is -0.666. The standard InChI is InChI=1S/C20H19ClF3N3O/c21-14-3-1-12(2-4-14)17-8-18(17)19(28)26-15-5-6-27(11-15)16-7-13(9-25-10-16)20(22,23)24/h1-4,7,9-10,15,17-18H,5-6,8,11H2,(H,26,28). The second-order valence-electron chi connectivity index (χ2n) is 7.37. The first-order valence-electron chi connectivity index (χ1n) is 9.14. The van der Waals surface area contributed by atoms with Gasteiger partial charge in [-0.15, -0.1) is 0 Å². The van der Waals surface area contributed by atoms with Crippen molar-refractivity contribution >= 4 is 23.2 Å². The average Bonchev–Trinajstić information content (AvgIpc) is 3.33. The van der Waals surface area contributed by atoms with Gasteiger partial charge in [-0.25, -0.2) is 0 Å². The fourth-order valence-electron chi connectivity index (χ4n) is 3.74. The van der Waals surface area contributed by atoms with E-state index in [1.807, 2.05) is 29.2 Å². The number of carbonyl (C=O) groups excluding carboxylic acids is 1. The molecule has 4 rings (SSSR count). The van der Waals surface area contributed by atoms with E-state index in [9.17, 15) is 18.0 Å². The lowest BCUT2D eigenvalue weighted by Gasteiger charge is -2.20. The summed E-state index contributed by atoms with van der Waals surface area (Å²) in [5.74, 6) is 0.168. The Balaban J connectivity index is 1.33. The highest BCUT2D eigenvalue weighted by Gasteiger charge is 2.44. The molecule has 1 saturated heterocycles. The van der Waals surface area contributed by atoms with E-state index in [2.05, 4.69) is 10.3 Å². The topological polar surface area (TPSA) is 45.2 Å². The maximum atomic E-state index is 12.9. The molecule has 3 unspecified atom stereocenters. The van der Waals surface area contributed by atoms with Crippen molar-refractivity contribution in [1.82, 2.24) is 10.3 Å². The highest BCUT2D eigenvalue weighted by Crippen LogP contribution is 2.47. The van der Waals surface area contributed by atoms with Gasteiger partial charge in [0.05, 0.1) is 17.4 Å².